The second kappa shape index (κ2) is 9.43. The van der Waals surface area contributed by atoms with Crippen LogP contribution < -0.4 is 0 Å². The van der Waals surface area contributed by atoms with Gasteiger partial charge in [0.05, 0.1) is 13.0 Å². The zero-order chi connectivity index (χ0) is 16.5. The highest BCUT2D eigenvalue weighted by molar-refractivity contribution is 6.30. The first-order valence-electron chi connectivity index (χ1n) is 7.29. The molecule has 6 heteroatoms. The quantitative estimate of drug-likeness (QED) is 0.688. The molecule has 1 aromatic rings. The van der Waals surface area contributed by atoms with Gasteiger partial charge in [-0.1, -0.05) is 17.7 Å². The first kappa shape index (κ1) is 18.5. The minimum absolute atomic E-state index is 0.131. The van der Waals surface area contributed by atoms with Gasteiger partial charge < -0.3 is 14.5 Å². The van der Waals surface area contributed by atoms with Crippen molar-refractivity contribution in [2.75, 3.05) is 40.3 Å². The summed E-state index contributed by atoms with van der Waals surface area (Å²) >= 11 is 5.94. The molecule has 1 amide bonds. The van der Waals surface area contributed by atoms with E-state index in [0.717, 1.165) is 6.54 Å². The number of halogens is 1. The Morgan fingerprint density at radius 3 is 2.50 bits per heavy atom. The average molecular weight is 327 g/mol. The molecular weight excluding hydrogens is 304 g/mol. The van der Waals surface area contributed by atoms with Gasteiger partial charge in [-0.15, -0.1) is 0 Å². The van der Waals surface area contributed by atoms with E-state index in [1.807, 2.05) is 19.0 Å². The molecule has 0 spiro atoms. The van der Waals surface area contributed by atoms with E-state index < -0.39 is 0 Å². The zero-order valence-electron chi connectivity index (χ0n) is 13.3. The molecule has 0 saturated carbocycles. The molecule has 0 bridgehead atoms. The van der Waals surface area contributed by atoms with Crippen molar-refractivity contribution in [3.63, 3.8) is 0 Å². The predicted octanol–water partition coefficient (Wildman–Crippen LogP) is 2.30. The van der Waals surface area contributed by atoms with Crippen LogP contribution in [-0.2, 0) is 9.53 Å². The maximum Gasteiger partial charge on any atom is 0.307 e. The first-order chi connectivity index (χ1) is 10.4. The van der Waals surface area contributed by atoms with E-state index in [4.69, 9.17) is 16.3 Å². The number of ether oxygens (including phenoxy) is 1. The van der Waals surface area contributed by atoms with Crippen molar-refractivity contribution in [3.8, 4) is 0 Å². The normalized spacial score (nSPS) is 10.6. The van der Waals surface area contributed by atoms with Crippen molar-refractivity contribution >= 4 is 23.5 Å². The number of carbonyl (C=O) groups is 2. The second-order valence-corrected chi connectivity index (χ2v) is 5.60. The highest BCUT2D eigenvalue weighted by Crippen LogP contribution is 2.13. The summed E-state index contributed by atoms with van der Waals surface area (Å²) in [5, 5.41) is 0.517. The van der Waals surface area contributed by atoms with Gasteiger partial charge in [-0.2, -0.15) is 0 Å². The summed E-state index contributed by atoms with van der Waals surface area (Å²) in [5.74, 6) is -0.426. The number of rotatable bonds is 8. The highest BCUT2D eigenvalue weighted by atomic mass is 35.5. The van der Waals surface area contributed by atoms with E-state index in [0.29, 0.717) is 30.3 Å². The number of esters is 1. The Labute approximate surface area is 136 Å². The number of hydrogen-bond donors (Lipinski definition) is 0. The SMILES string of the molecule is CCOC(=O)CCN(CCN(C)C)C(=O)c1cccc(Cl)c1. The van der Waals surface area contributed by atoms with Crippen LogP contribution >= 0.6 is 11.6 Å². The van der Waals surface area contributed by atoms with E-state index >= 15 is 0 Å². The van der Waals surface area contributed by atoms with Crippen molar-refractivity contribution in [2.24, 2.45) is 0 Å². The van der Waals surface area contributed by atoms with Crippen molar-refractivity contribution < 1.29 is 14.3 Å². The Morgan fingerprint density at radius 1 is 1.18 bits per heavy atom. The molecule has 1 aromatic carbocycles. The standard InChI is InChI=1S/C16H23ClN2O3/c1-4-22-15(20)8-9-19(11-10-18(2)3)16(21)13-6-5-7-14(17)12-13/h5-7,12H,4,8-11H2,1-3H3. The average Bonchev–Trinajstić information content (AvgIpc) is 2.46. The lowest BCUT2D eigenvalue weighted by Crippen LogP contribution is -2.38. The smallest absolute Gasteiger partial charge is 0.307 e. The summed E-state index contributed by atoms with van der Waals surface area (Å²) in [6.07, 6.45) is 0.188. The summed E-state index contributed by atoms with van der Waals surface area (Å²) in [6, 6.07) is 6.82. The van der Waals surface area contributed by atoms with Gasteiger partial charge in [-0.3, -0.25) is 9.59 Å². The summed E-state index contributed by atoms with van der Waals surface area (Å²) in [6.45, 7) is 3.70. The Kier molecular flexibility index (Phi) is 7.91. The molecule has 0 atom stereocenters. The number of carbonyl (C=O) groups excluding carboxylic acids is 2. The van der Waals surface area contributed by atoms with Crippen LogP contribution in [0.5, 0.6) is 0 Å². The Bertz CT molecular complexity index is 506. The lowest BCUT2D eigenvalue weighted by molar-refractivity contribution is -0.143. The topological polar surface area (TPSA) is 49.9 Å². The number of benzene rings is 1. The monoisotopic (exact) mass is 326 g/mol. The van der Waals surface area contributed by atoms with E-state index in [9.17, 15) is 9.59 Å². The van der Waals surface area contributed by atoms with Gasteiger partial charge in [0.2, 0.25) is 0 Å². The molecule has 0 aliphatic heterocycles. The first-order valence-corrected chi connectivity index (χ1v) is 7.67. The van der Waals surface area contributed by atoms with Gasteiger partial charge in [0.25, 0.3) is 5.91 Å². The lowest BCUT2D eigenvalue weighted by atomic mass is 10.2. The maximum atomic E-state index is 12.6. The minimum Gasteiger partial charge on any atom is -0.466 e. The summed E-state index contributed by atoms with van der Waals surface area (Å²) < 4.78 is 4.91. The van der Waals surface area contributed by atoms with Crippen LogP contribution in [0.15, 0.2) is 24.3 Å². The van der Waals surface area contributed by atoms with Crippen molar-refractivity contribution in [2.45, 2.75) is 13.3 Å². The largest absolute Gasteiger partial charge is 0.466 e. The Morgan fingerprint density at radius 2 is 1.91 bits per heavy atom. The molecular formula is C16H23ClN2O3. The third-order valence-corrected chi connectivity index (χ3v) is 3.30. The zero-order valence-corrected chi connectivity index (χ0v) is 14.1. The molecule has 122 valence electrons. The van der Waals surface area contributed by atoms with E-state index in [-0.39, 0.29) is 18.3 Å². The van der Waals surface area contributed by atoms with Crippen LogP contribution in [0.4, 0.5) is 0 Å². The molecule has 0 fully saturated rings. The maximum absolute atomic E-state index is 12.6. The third kappa shape index (κ3) is 6.45. The van der Waals surface area contributed by atoms with Gasteiger partial charge in [0, 0.05) is 30.2 Å². The minimum atomic E-state index is -0.295. The van der Waals surface area contributed by atoms with E-state index in [1.165, 1.54) is 0 Å². The van der Waals surface area contributed by atoms with Crippen LogP contribution in [0.2, 0.25) is 5.02 Å². The molecule has 0 unspecified atom stereocenters. The molecule has 0 aliphatic rings. The number of hydrogen-bond acceptors (Lipinski definition) is 4. The third-order valence-electron chi connectivity index (χ3n) is 3.07. The van der Waals surface area contributed by atoms with E-state index in [1.54, 1.807) is 36.1 Å². The Balaban J connectivity index is 2.75. The fourth-order valence-electron chi connectivity index (χ4n) is 1.90. The molecule has 0 aliphatic carbocycles. The molecule has 0 saturated heterocycles. The fourth-order valence-corrected chi connectivity index (χ4v) is 2.09. The van der Waals surface area contributed by atoms with Gasteiger partial charge in [0.1, 0.15) is 0 Å². The molecule has 0 aromatic heterocycles. The fraction of sp³-hybridized carbons (Fsp3) is 0.500. The van der Waals surface area contributed by atoms with Crippen LogP contribution in [0.25, 0.3) is 0 Å². The second-order valence-electron chi connectivity index (χ2n) is 5.16. The predicted molar refractivity (Wildman–Crippen MR) is 87.2 cm³/mol. The lowest BCUT2D eigenvalue weighted by Gasteiger charge is -2.24. The van der Waals surface area contributed by atoms with Crippen molar-refractivity contribution in [1.82, 2.24) is 9.80 Å². The van der Waals surface area contributed by atoms with E-state index in [2.05, 4.69) is 0 Å². The van der Waals surface area contributed by atoms with Gasteiger partial charge in [-0.25, -0.2) is 0 Å². The van der Waals surface area contributed by atoms with Crippen LogP contribution in [0.1, 0.15) is 23.7 Å². The van der Waals surface area contributed by atoms with Crippen LogP contribution in [0.3, 0.4) is 0 Å². The highest BCUT2D eigenvalue weighted by Gasteiger charge is 2.17. The molecule has 0 radical (unpaired) electrons. The number of amides is 1. The van der Waals surface area contributed by atoms with Gasteiger partial charge in [-0.05, 0) is 39.2 Å². The number of likely N-dealkylation sites (N-methyl/N-ethyl adjacent to an activating group) is 1. The Hall–Kier alpha value is -1.59. The van der Waals surface area contributed by atoms with Crippen LogP contribution in [-0.4, -0.2) is 62.0 Å². The van der Waals surface area contributed by atoms with Crippen molar-refractivity contribution in [1.29, 1.82) is 0 Å². The van der Waals surface area contributed by atoms with Gasteiger partial charge in [0.15, 0.2) is 0 Å². The molecule has 0 N–H and O–H groups in total. The summed E-state index contributed by atoms with van der Waals surface area (Å²) in [5.41, 5.74) is 0.523. The molecule has 5 nitrogen and oxygen atoms in total. The molecule has 0 heterocycles. The van der Waals surface area contributed by atoms with Crippen LogP contribution in [0, 0.1) is 0 Å². The van der Waals surface area contributed by atoms with Crippen molar-refractivity contribution in [3.05, 3.63) is 34.9 Å². The number of nitrogens with zero attached hydrogens (tertiary/aromatic N) is 2. The summed E-state index contributed by atoms with van der Waals surface area (Å²) in [4.78, 5) is 27.7. The molecule has 22 heavy (non-hydrogen) atoms. The summed E-state index contributed by atoms with van der Waals surface area (Å²) in [7, 11) is 3.88. The van der Waals surface area contributed by atoms with Gasteiger partial charge >= 0.3 is 5.97 Å². The molecule has 1 rings (SSSR count).